The van der Waals surface area contributed by atoms with Crippen molar-refractivity contribution >= 4 is 21.6 Å². The maximum Gasteiger partial charge on any atom is 0.243 e. The van der Waals surface area contributed by atoms with Crippen LogP contribution in [0.3, 0.4) is 0 Å². The minimum absolute atomic E-state index is 0.329. The van der Waals surface area contributed by atoms with Crippen LogP contribution in [-0.2, 0) is 21.2 Å². The van der Waals surface area contributed by atoms with Gasteiger partial charge in [0, 0.05) is 6.54 Å². The second-order valence-electron chi connectivity index (χ2n) is 6.28. The highest BCUT2D eigenvalue weighted by atomic mass is 32.2. The predicted molar refractivity (Wildman–Crippen MR) is 108 cm³/mol. The second kappa shape index (κ2) is 9.41. The number of hydrogen-bond acceptors (Lipinski definition) is 4. The number of benzene rings is 2. The van der Waals surface area contributed by atoms with Crippen LogP contribution in [0.5, 0.6) is 5.75 Å². The molecular weight excluding hydrogens is 364 g/mol. The van der Waals surface area contributed by atoms with Crippen molar-refractivity contribution in [1.82, 2.24) is 5.32 Å². The lowest BCUT2D eigenvalue weighted by atomic mass is 10.1. The lowest BCUT2D eigenvalue weighted by Crippen LogP contribution is -2.48. The van der Waals surface area contributed by atoms with Gasteiger partial charge in [-0.2, -0.15) is 0 Å². The Labute approximate surface area is 161 Å². The van der Waals surface area contributed by atoms with Gasteiger partial charge in [-0.25, -0.2) is 8.42 Å². The number of ether oxygens (including phenoxy) is 1. The van der Waals surface area contributed by atoms with Crippen LogP contribution in [0.25, 0.3) is 0 Å². The number of para-hydroxylation sites is 2. The fourth-order valence-corrected chi connectivity index (χ4v) is 4.11. The zero-order valence-electron chi connectivity index (χ0n) is 15.9. The van der Waals surface area contributed by atoms with Gasteiger partial charge in [0.1, 0.15) is 11.8 Å². The summed E-state index contributed by atoms with van der Waals surface area (Å²) in [5.74, 6) is 0.494. The van der Waals surface area contributed by atoms with Gasteiger partial charge in [0.05, 0.1) is 19.1 Å². The third-order valence-electron chi connectivity index (χ3n) is 4.21. The van der Waals surface area contributed by atoms with Gasteiger partial charge >= 0.3 is 0 Å². The molecule has 27 heavy (non-hydrogen) atoms. The Morgan fingerprint density at radius 3 is 2.37 bits per heavy atom. The van der Waals surface area contributed by atoms with Gasteiger partial charge in [-0.15, -0.1) is 0 Å². The van der Waals surface area contributed by atoms with E-state index in [4.69, 9.17) is 4.74 Å². The van der Waals surface area contributed by atoms with Gasteiger partial charge in [0.2, 0.25) is 15.9 Å². The van der Waals surface area contributed by atoms with Gasteiger partial charge in [0.25, 0.3) is 0 Å². The van der Waals surface area contributed by atoms with Crippen LogP contribution in [-0.4, -0.2) is 40.3 Å². The van der Waals surface area contributed by atoms with Gasteiger partial charge < -0.3 is 10.1 Å². The van der Waals surface area contributed by atoms with Gasteiger partial charge in [-0.1, -0.05) is 36.4 Å². The van der Waals surface area contributed by atoms with Crippen molar-refractivity contribution in [3.05, 3.63) is 60.2 Å². The van der Waals surface area contributed by atoms with Gasteiger partial charge in [-0.05, 0) is 43.5 Å². The lowest BCUT2D eigenvalue weighted by molar-refractivity contribution is -0.121. The highest BCUT2D eigenvalue weighted by Gasteiger charge is 2.28. The molecule has 1 atom stereocenters. The molecular formula is C20H26N2O4S. The van der Waals surface area contributed by atoms with E-state index in [9.17, 15) is 13.2 Å². The van der Waals surface area contributed by atoms with E-state index in [2.05, 4.69) is 5.32 Å². The molecule has 1 amide bonds. The van der Waals surface area contributed by atoms with E-state index in [0.717, 1.165) is 34.7 Å². The second-order valence-corrected chi connectivity index (χ2v) is 8.14. The monoisotopic (exact) mass is 390 g/mol. The molecule has 0 aromatic heterocycles. The number of nitrogens with zero attached hydrogens (tertiary/aromatic N) is 1. The number of carbonyl (C=O) groups excluding carboxylic acids is 1. The van der Waals surface area contributed by atoms with E-state index in [-0.39, 0.29) is 5.91 Å². The van der Waals surface area contributed by atoms with Crippen molar-refractivity contribution < 1.29 is 17.9 Å². The van der Waals surface area contributed by atoms with Crippen molar-refractivity contribution in [2.75, 3.05) is 24.2 Å². The number of sulfonamides is 1. The van der Waals surface area contributed by atoms with E-state index >= 15 is 0 Å². The molecule has 0 aliphatic rings. The molecule has 0 radical (unpaired) electrons. The first-order valence-corrected chi connectivity index (χ1v) is 10.6. The molecule has 0 aliphatic heterocycles. The Hall–Kier alpha value is -2.54. The minimum Gasteiger partial charge on any atom is -0.496 e. The number of rotatable bonds is 9. The van der Waals surface area contributed by atoms with E-state index in [0.29, 0.717) is 12.2 Å². The SMILES string of the molecule is COc1ccccc1CCCNC(=O)[C@H](C)N(c1ccccc1)S(C)(=O)=O. The summed E-state index contributed by atoms with van der Waals surface area (Å²) in [5.41, 5.74) is 1.54. The summed E-state index contributed by atoms with van der Waals surface area (Å²) in [6.07, 6.45) is 2.58. The molecule has 0 saturated carbocycles. The molecule has 0 unspecified atom stereocenters. The van der Waals surface area contributed by atoms with Crippen LogP contribution in [0.2, 0.25) is 0 Å². The molecule has 0 bridgehead atoms. The van der Waals surface area contributed by atoms with E-state index < -0.39 is 16.1 Å². The van der Waals surface area contributed by atoms with E-state index in [1.54, 1.807) is 44.4 Å². The summed E-state index contributed by atoms with van der Waals surface area (Å²) in [4.78, 5) is 12.5. The number of methoxy groups -OCH3 is 1. The molecule has 2 aromatic carbocycles. The third kappa shape index (κ3) is 5.72. The summed E-state index contributed by atoms with van der Waals surface area (Å²) in [7, 11) is -1.96. The first kappa shape index (κ1) is 20.8. The molecule has 0 saturated heterocycles. The maximum absolute atomic E-state index is 12.5. The highest BCUT2D eigenvalue weighted by Crippen LogP contribution is 2.20. The Morgan fingerprint density at radius 1 is 1.11 bits per heavy atom. The third-order valence-corrected chi connectivity index (χ3v) is 5.46. The van der Waals surface area contributed by atoms with Gasteiger partial charge in [0.15, 0.2) is 0 Å². The minimum atomic E-state index is -3.59. The number of nitrogens with one attached hydrogen (secondary N) is 1. The highest BCUT2D eigenvalue weighted by molar-refractivity contribution is 7.92. The molecule has 0 heterocycles. The topological polar surface area (TPSA) is 75.7 Å². The largest absolute Gasteiger partial charge is 0.496 e. The Morgan fingerprint density at radius 2 is 1.74 bits per heavy atom. The average Bonchev–Trinajstić information content (AvgIpc) is 2.65. The first-order chi connectivity index (χ1) is 12.8. The van der Waals surface area contributed by atoms with Crippen LogP contribution in [0.15, 0.2) is 54.6 Å². The molecule has 0 aliphatic carbocycles. The molecule has 6 nitrogen and oxygen atoms in total. The summed E-state index contributed by atoms with van der Waals surface area (Å²) in [6, 6.07) is 15.5. The van der Waals surface area contributed by atoms with E-state index in [1.165, 1.54) is 0 Å². The zero-order valence-corrected chi connectivity index (χ0v) is 16.7. The summed E-state index contributed by atoms with van der Waals surface area (Å²) in [6.45, 7) is 2.04. The summed E-state index contributed by atoms with van der Waals surface area (Å²) in [5, 5.41) is 2.83. The van der Waals surface area contributed by atoms with Crippen LogP contribution in [0.4, 0.5) is 5.69 Å². The standard InChI is InChI=1S/C20H26N2O4S/c1-16(22(27(3,24)25)18-12-5-4-6-13-18)20(23)21-15-9-11-17-10-7-8-14-19(17)26-2/h4-8,10,12-14,16H,9,11,15H2,1-3H3,(H,21,23)/t16-/m0/s1. The molecule has 146 valence electrons. The number of carbonyl (C=O) groups is 1. The molecule has 2 aromatic rings. The van der Waals surface area contributed by atoms with Crippen molar-refractivity contribution in [1.29, 1.82) is 0 Å². The van der Waals surface area contributed by atoms with Crippen LogP contribution in [0.1, 0.15) is 18.9 Å². The predicted octanol–water partition coefficient (Wildman–Crippen LogP) is 2.60. The van der Waals surface area contributed by atoms with Crippen molar-refractivity contribution in [3.8, 4) is 5.75 Å². The van der Waals surface area contributed by atoms with E-state index in [1.807, 2.05) is 24.3 Å². The molecule has 2 rings (SSSR count). The van der Waals surface area contributed by atoms with Crippen LogP contribution in [0, 0.1) is 0 Å². The normalized spacial score (nSPS) is 12.3. The fourth-order valence-electron chi connectivity index (χ4n) is 2.93. The molecule has 0 spiro atoms. The van der Waals surface area contributed by atoms with Crippen molar-refractivity contribution in [3.63, 3.8) is 0 Å². The van der Waals surface area contributed by atoms with Crippen LogP contribution < -0.4 is 14.4 Å². The molecule has 0 fully saturated rings. The number of hydrogen-bond donors (Lipinski definition) is 1. The maximum atomic E-state index is 12.5. The summed E-state index contributed by atoms with van der Waals surface area (Å²) < 4.78 is 30.9. The van der Waals surface area contributed by atoms with Crippen molar-refractivity contribution in [2.45, 2.75) is 25.8 Å². The Bertz CT molecular complexity index is 853. The first-order valence-electron chi connectivity index (χ1n) is 8.78. The fraction of sp³-hybridized carbons (Fsp3) is 0.350. The number of anilines is 1. The Balaban J connectivity index is 1.96. The van der Waals surface area contributed by atoms with Crippen LogP contribution >= 0.6 is 0 Å². The smallest absolute Gasteiger partial charge is 0.243 e. The molecule has 1 N–H and O–H groups in total. The molecule has 7 heteroatoms. The zero-order chi connectivity index (χ0) is 19.9. The van der Waals surface area contributed by atoms with Gasteiger partial charge in [-0.3, -0.25) is 9.10 Å². The summed E-state index contributed by atoms with van der Waals surface area (Å²) >= 11 is 0. The lowest BCUT2D eigenvalue weighted by Gasteiger charge is -2.28. The number of amides is 1. The average molecular weight is 391 g/mol. The quantitative estimate of drug-likeness (QED) is 0.668. The Kier molecular flexibility index (Phi) is 7.24. The van der Waals surface area contributed by atoms with Crippen molar-refractivity contribution in [2.24, 2.45) is 0 Å². The number of aryl methyl sites for hydroxylation is 1.